The van der Waals surface area contributed by atoms with E-state index in [9.17, 15) is 14.9 Å². The Morgan fingerprint density at radius 3 is 2.65 bits per heavy atom. The van der Waals surface area contributed by atoms with Gasteiger partial charge >= 0.3 is 0 Å². The second-order valence-electron chi connectivity index (χ2n) is 4.70. The minimum absolute atomic E-state index is 0.0741. The van der Waals surface area contributed by atoms with Gasteiger partial charge in [-0.15, -0.1) is 0 Å². The highest BCUT2D eigenvalue weighted by Gasteiger charge is 2.15. The number of benzene rings is 1. The van der Waals surface area contributed by atoms with Crippen LogP contribution in [0.1, 0.15) is 30.9 Å². The van der Waals surface area contributed by atoms with Crippen molar-refractivity contribution in [2.24, 2.45) is 5.84 Å². The lowest BCUT2D eigenvalue weighted by molar-refractivity contribution is -0.385. The molecule has 0 aliphatic carbocycles. The lowest BCUT2D eigenvalue weighted by atomic mass is 10.1. The molecule has 0 saturated heterocycles. The van der Waals surface area contributed by atoms with Crippen LogP contribution in [0.2, 0.25) is 0 Å². The molecule has 0 aliphatic rings. The molecule has 1 amide bonds. The highest BCUT2D eigenvalue weighted by molar-refractivity contribution is 5.75. The molecule has 0 aliphatic heterocycles. The van der Waals surface area contributed by atoms with Gasteiger partial charge in [-0.05, 0) is 38.8 Å². The Bertz CT molecular complexity index is 517. The summed E-state index contributed by atoms with van der Waals surface area (Å²) < 4.78 is 5.71. The molecule has 20 heavy (non-hydrogen) atoms. The third-order valence-corrected chi connectivity index (χ3v) is 2.96. The average molecular weight is 281 g/mol. The number of hydrogen-bond acceptors (Lipinski definition) is 5. The number of nitrogens with zero attached hydrogens (tertiary/aromatic N) is 1. The number of amides is 1. The van der Waals surface area contributed by atoms with Gasteiger partial charge in [-0.1, -0.05) is 0 Å². The first-order chi connectivity index (χ1) is 9.35. The summed E-state index contributed by atoms with van der Waals surface area (Å²) in [6.07, 6.45) is 0.591. The lowest BCUT2D eigenvalue weighted by Crippen LogP contribution is -2.30. The first-order valence-electron chi connectivity index (χ1n) is 6.27. The van der Waals surface area contributed by atoms with Crippen LogP contribution < -0.4 is 16.0 Å². The zero-order chi connectivity index (χ0) is 15.3. The molecule has 0 radical (unpaired) electrons. The van der Waals surface area contributed by atoms with Gasteiger partial charge in [0.1, 0.15) is 5.75 Å². The van der Waals surface area contributed by atoms with Crippen LogP contribution in [-0.4, -0.2) is 16.9 Å². The SMILES string of the molecule is Cc1cc([N+](=O)[O-])c(C)cc1OC(C)CCC(=O)NN. The van der Waals surface area contributed by atoms with Crippen LogP contribution in [0, 0.1) is 24.0 Å². The van der Waals surface area contributed by atoms with Crippen LogP contribution in [0.4, 0.5) is 5.69 Å². The molecule has 1 atom stereocenters. The van der Waals surface area contributed by atoms with Crippen molar-refractivity contribution in [3.8, 4) is 5.75 Å². The van der Waals surface area contributed by atoms with Crippen LogP contribution in [0.5, 0.6) is 5.75 Å². The number of rotatable bonds is 6. The predicted octanol–water partition coefficient (Wildman–Crippen LogP) is 1.75. The van der Waals surface area contributed by atoms with Crippen LogP contribution in [0.15, 0.2) is 12.1 Å². The van der Waals surface area contributed by atoms with Gasteiger partial charge in [0, 0.05) is 18.1 Å². The molecule has 1 unspecified atom stereocenters. The topological polar surface area (TPSA) is 107 Å². The number of nitro benzene ring substituents is 1. The number of aryl methyl sites for hydroxylation is 2. The van der Waals surface area contributed by atoms with Crippen molar-refractivity contribution in [1.29, 1.82) is 0 Å². The Labute approximate surface area is 117 Å². The zero-order valence-corrected chi connectivity index (χ0v) is 11.8. The molecule has 7 nitrogen and oxygen atoms in total. The van der Waals surface area contributed by atoms with E-state index in [1.165, 1.54) is 6.07 Å². The number of nitrogens with two attached hydrogens (primary N) is 1. The number of hydrogen-bond donors (Lipinski definition) is 2. The second kappa shape index (κ2) is 6.85. The van der Waals surface area contributed by atoms with E-state index in [1.807, 2.05) is 6.92 Å². The Kier molecular flexibility index (Phi) is 5.45. The van der Waals surface area contributed by atoms with Gasteiger partial charge < -0.3 is 4.74 Å². The molecule has 110 valence electrons. The second-order valence-corrected chi connectivity index (χ2v) is 4.70. The fraction of sp³-hybridized carbons (Fsp3) is 0.462. The van der Waals surface area contributed by atoms with Gasteiger partial charge in [0.05, 0.1) is 11.0 Å². The number of carbonyl (C=O) groups excluding carboxylic acids is 1. The fourth-order valence-electron chi connectivity index (χ4n) is 1.78. The van der Waals surface area contributed by atoms with Gasteiger partial charge in [-0.3, -0.25) is 20.3 Å². The molecule has 0 fully saturated rings. The van der Waals surface area contributed by atoms with Crippen LogP contribution in [-0.2, 0) is 4.79 Å². The summed E-state index contributed by atoms with van der Waals surface area (Å²) in [6, 6.07) is 3.14. The maximum Gasteiger partial charge on any atom is 0.272 e. The van der Waals surface area contributed by atoms with Crippen LogP contribution >= 0.6 is 0 Å². The Morgan fingerprint density at radius 2 is 2.10 bits per heavy atom. The monoisotopic (exact) mass is 281 g/mol. The first-order valence-corrected chi connectivity index (χ1v) is 6.27. The third-order valence-electron chi connectivity index (χ3n) is 2.96. The summed E-state index contributed by atoms with van der Waals surface area (Å²) in [5, 5.41) is 10.8. The molecule has 1 aromatic rings. The number of ether oxygens (including phenoxy) is 1. The van der Waals surface area contributed by atoms with E-state index in [-0.39, 0.29) is 24.1 Å². The van der Waals surface area contributed by atoms with Gasteiger partial charge in [0.15, 0.2) is 0 Å². The van der Waals surface area contributed by atoms with E-state index in [4.69, 9.17) is 10.6 Å². The summed E-state index contributed by atoms with van der Waals surface area (Å²) in [4.78, 5) is 21.5. The van der Waals surface area contributed by atoms with Crippen molar-refractivity contribution in [3.63, 3.8) is 0 Å². The van der Waals surface area contributed by atoms with E-state index in [1.54, 1.807) is 19.9 Å². The van der Waals surface area contributed by atoms with E-state index in [0.29, 0.717) is 23.3 Å². The zero-order valence-electron chi connectivity index (χ0n) is 11.8. The number of nitro groups is 1. The first kappa shape index (κ1) is 15.9. The van der Waals surface area contributed by atoms with Gasteiger partial charge in [0.25, 0.3) is 5.69 Å². The summed E-state index contributed by atoms with van der Waals surface area (Å²) in [5.74, 6) is 5.33. The normalized spacial score (nSPS) is 11.8. The summed E-state index contributed by atoms with van der Waals surface area (Å²) in [6.45, 7) is 5.25. The molecular weight excluding hydrogens is 262 g/mol. The van der Waals surface area contributed by atoms with Gasteiger partial charge in [0.2, 0.25) is 5.91 Å². The van der Waals surface area contributed by atoms with E-state index >= 15 is 0 Å². The molecule has 0 spiro atoms. The molecule has 7 heteroatoms. The third kappa shape index (κ3) is 4.20. The molecule has 0 heterocycles. The van der Waals surface area contributed by atoms with Crippen molar-refractivity contribution >= 4 is 11.6 Å². The smallest absolute Gasteiger partial charge is 0.272 e. The molecule has 1 rings (SSSR count). The minimum Gasteiger partial charge on any atom is -0.490 e. The highest BCUT2D eigenvalue weighted by Crippen LogP contribution is 2.28. The Morgan fingerprint density at radius 1 is 1.45 bits per heavy atom. The summed E-state index contributed by atoms with van der Waals surface area (Å²) in [5.41, 5.74) is 3.37. The van der Waals surface area contributed by atoms with Crippen LogP contribution in [0.25, 0.3) is 0 Å². The van der Waals surface area contributed by atoms with E-state index < -0.39 is 4.92 Å². The maximum absolute atomic E-state index is 11.0. The van der Waals surface area contributed by atoms with Gasteiger partial charge in [-0.2, -0.15) is 0 Å². The minimum atomic E-state index is -0.416. The predicted molar refractivity (Wildman–Crippen MR) is 74.2 cm³/mol. The Hall–Kier alpha value is -2.15. The highest BCUT2D eigenvalue weighted by atomic mass is 16.6. The molecule has 3 N–H and O–H groups in total. The quantitative estimate of drug-likeness (QED) is 0.357. The Balaban J connectivity index is 2.75. The fourth-order valence-corrected chi connectivity index (χ4v) is 1.78. The summed E-state index contributed by atoms with van der Waals surface area (Å²) >= 11 is 0. The number of hydrazine groups is 1. The number of nitrogens with one attached hydrogen (secondary N) is 1. The molecule has 1 aromatic carbocycles. The largest absolute Gasteiger partial charge is 0.490 e. The standard InChI is InChI=1S/C13H19N3O4/c1-8-7-12(9(2)6-11(8)16(18)19)20-10(3)4-5-13(17)15-14/h6-7,10H,4-5,14H2,1-3H3,(H,15,17). The van der Waals surface area contributed by atoms with Crippen molar-refractivity contribution in [1.82, 2.24) is 5.43 Å². The van der Waals surface area contributed by atoms with Gasteiger partial charge in [-0.25, -0.2) is 5.84 Å². The lowest BCUT2D eigenvalue weighted by Gasteiger charge is -2.16. The molecule has 0 saturated carbocycles. The maximum atomic E-state index is 11.0. The average Bonchev–Trinajstić information content (AvgIpc) is 2.39. The van der Waals surface area contributed by atoms with E-state index in [2.05, 4.69) is 5.43 Å². The van der Waals surface area contributed by atoms with Crippen molar-refractivity contribution in [2.75, 3.05) is 0 Å². The van der Waals surface area contributed by atoms with Crippen molar-refractivity contribution in [2.45, 2.75) is 39.7 Å². The van der Waals surface area contributed by atoms with Crippen LogP contribution in [0.3, 0.4) is 0 Å². The number of carbonyl (C=O) groups is 1. The molecule has 0 aromatic heterocycles. The summed E-state index contributed by atoms with van der Waals surface area (Å²) in [7, 11) is 0. The molecule has 0 bridgehead atoms. The van der Waals surface area contributed by atoms with Crippen molar-refractivity contribution in [3.05, 3.63) is 33.4 Å². The molecular formula is C13H19N3O4. The van der Waals surface area contributed by atoms with E-state index in [0.717, 1.165) is 0 Å². The van der Waals surface area contributed by atoms with Crippen molar-refractivity contribution < 1.29 is 14.5 Å².